The van der Waals surface area contributed by atoms with Crippen molar-refractivity contribution in [3.8, 4) is 5.75 Å². The maximum Gasteiger partial charge on any atom is 0.243 e. The van der Waals surface area contributed by atoms with Crippen molar-refractivity contribution in [2.24, 2.45) is 0 Å². The molecule has 4 nitrogen and oxygen atoms in total. The Morgan fingerprint density at radius 3 is 2.76 bits per heavy atom. The van der Waals surface area contributed by atoms with Gasteiger partial charge in [-0.3, -0.25) is 4.79 Å². The van der Waals surface area contributed by atoms with Crippen LogP contribution in [0.1, 0.15) is 0 Å². The molecule has 0 saturated carbocycles. The van der Waals surface area contributed by atoms with Gasteiger partial charge in [-0.1, -0.05) is 23.7 Å². The van der Waals surface area contributed by atoms with Crippen LogP contribution in [0.25, 0.3) is 0 Å². The van der Waals surface area contributed by atoms with Gasteiger partial charge in [-0.15, -0.1) is 0 Å². The topological polar surface area (TPSA) is 50.4 Å². The molecule has 2 rings (SSSR count). The molecule has 21 heavy (non-hydrogen) atoms. The first-order chi connectivity index (χ1) is 10.1. The summed E-state index contributed by atoms with van der Waals surface area (Å²) in [6.07, 6.45) is 0. The van der Waals surface area contributed by atoms with E-state index < -0.39 is 0 Å². The minimum Gasteiger partial charge on any atom is -0.495 e. The molecule has 0 unspecified atom stereocenters. The molecule has 110 valence electrons. The number of amides is 1. The Labute approximate surface area is 136 Å². The van der Waals surface area contributed by atoms with Gasteiger partial charge in [0.25, 0.3) is 0 Å². The van der Waals surface area contributed by atoms with Crippen molar-refractivity contribution in [1.29, 1.82) is 0 Å². The minimum atomic E-state index is -0.162. The summed E-state index contributed by atoms with van der Waals surface area (Å²) in [5.41, 5.74) is 1.45. The molecule has 0 spiro atoms. The van der Waals surface area contributed by atoms with Gasteiger partial charge in [0.1, 0.15) is 5.75 Å². The zero-order chi connectivity index (χ0) is 15.2. The first-order valence-corrected chi connectivity index (χ1v) is 7.39. The van der Waals surface area contributed by atoms with E-state index in [0.29, 0.717) is 16.5 Å². The molecule has 0 bridgehead atoms. The average Bonchev–Trinajstić information content (AvgIpc) is 2.49. The molecule has 2 aromatic rings. The van der Waals surface area contributed by atoms with Crippen molar-refractivity contribution in [2.75, 3.05) is 24.3 Å². The first kappa shape index (κ1) is 15.7. The number of anilines is 2. The van der Waals surface area contributed by atoms with Gasteiger partial charge in [0, 0.05) is 10.2 Å². The Bertz CT molecular complexity index is 649. The Morgan fingerprint density at radius 2 is 2.05 bits per heavy atom. The fourth-order valence-corrected chi connectivity index (χ4v) is 2.23. The molecular formula is C15H14BrClN2O2. The molecule has 0 aliphatic carbocycles. The van der Waals surface area contributed by atoms with Crippen LogP contribution in [0.4, 0.5) is 11.4 Å². The Balaban J connectivity index is 1.94. The van der Waals surface area contributed by atoms with Crippen LogP contribution in [0.3, 0.4) is 0 Å². The van der Waals surface area contributed by atoms with Crippen LogP contribution in [0, 0.1) is 0 Å². The predicted molar refractivity (Wildman–Crippen MR) is 89.3 cm³/mol. The maximum atomic E-state index is 11.9. The Hall–Kier alpha value is -1.72. The average molecular weight is 370 g/mol. The van der Waals surface area contributed by atoms with Crippen LogP contribution in [0.2, 0.25) is 5.02 Å². The summed E-state index contributed by atoms with van der Waals surface area (Å²) in [4.78, 5) is 11.9. The van der Waals surface area contributed by atoms with Gasteiger partial charge in [-0.2, -0.15) is 0 Å². The summed E-state index contributed by atoms with van der Waals surface area (Å²) in [6, 6.07) is 12.6. The van der Waals surface area contributed by atoms with Gasteiger partial charge >= 0.3 is 0 Å². The third-order valence-electron chi connectivity index (χ3n) is 2.75. The van der Waals surface area contributed by atoms with E-state index in [-0.39, 0.29) is 12.5 Å². The first-order valence-electron chi connectivity index (χ1n) is 6.22. The van der Waals surface area contributed by atoms with Gasteiger partial charge in [0.15, 0.2) is 0 Å². The molecule has 2 N–H and O–H groups in total. The van der Waals surface area contributed by atoms with Crippen LogP contribution in [0.15, 0.2) is 46.9 Å². The third-order valence-corrected chi connectivity index (χ3v) is 3.97. The molecule has 0 aliphatic rings. The van der Waals surface area contributed by atoms with E-state index in [0.717, 1.165) is 10.2 Å². The molecule has 2 aromatic carbocycles. The number of halogens is 2. The minimum absolute atomic E-state index is 0.145. The quantitative estimate of drug-likeness (QED) is 0.832. The van der Waals surface area contributed by atoms with Crippen molar-refractivity contribution < 1.29 is 9.53 Å². The summed E-state index contributed by atoms with van der Waals surface area (Å²) in [5.74, 6) is 0.464. The van der Waals surface area contributed by atoms with E-state index in [9.17, 15) is 4.79 Å². The molecule has 0 radical (unpaired) electrons. The molecule has 0 aromatic heterocycles. The number of hydrogen-bond donors (Lipinski definition) is 2. The van der Waals surface area contributed by atoms with Gasteiger partial charge < -0.3 is 15.4 Å². The normalized spacial score (nSPS) is 10.0. The standard InChI is InChI=1S/C15H14BrClN2O2/c1-21-14-5-3-2-4-13(14)19-15(20)9-18-10-6-7-12(17)11(16)8-10/h2-8,18H,9H2,1H3,(H,19,20). The van der Waals surface area contributed by atoms with E-state index in [1.807, 2.05) is 24.3 Å². The van der Waals surface area contributed by atoms with Crippen molar-refractivity contribution in [3.05, 3.63) is 52.0 Å². The fraction of sp³-hybridized carbons (Fsp3) is 0.133. The van der Waals surface area contributed by atoms with Crippen LogP contribution in [0.5, 0.6) is 5.75 Å². The van der Waals surface area contributed by atoms with E-state index in [4.69, 9.17) is 16.3 Å². The highest BCUT2D eigenvalue weighted by molar-refractivity contribution is 9.10. The molecule has 6 heteroatoms. The molecule has 0 aliphatic heterocycles. The van der Waals surface area contributed by atoms with Crippen molar-refractivity contribution in [1.82, 2.24) is 0 Å². The molecule has 0 fully saturated rings. The number of rotatable bonds is 5. The second kappa shape index (κ2) is 7.33. The number of carbonyl (C=O) groups is 1. The molecule has 0 atom stereocenters. The van der Waals surface area contributed by atoms with Crippen molar-refractivity contribution in [2.45, 2.75) is 0 Å². The maximum absolute atomic E-state index is 11.9. The van der Waals surface area contributed by atoms with E-state index in [1.54, 1.807) is 25.3 Å². The highest BCUT2D eigenvalue weighted by atomic mass is 79.9. The van der Waals surface area contributed by atoms with Crippen LogP contribution in [-0.2, 0) is 4.79 Å². The predicted octanol–water partition coefficient (Wildman–Crippen LogP) is 4.16. The number of ether oxygens (including phenoxy) is 1. The lowest BCUT2D eigenvalue weighted by Gasteiger charge is -2.11. The number of benzene rings is 2. The summed E-state index contributed by atoms with van der Waals surface area (Å²) < 4.78 is 5.96. The number of carbonyl (C=O) groups excluding carboxylic acids is 1. The second-order valence-corrected chi connectivity index (χ2v) is 5.49. The lowest BCUT2D eigenvalue weighted by molar-refractivity contribution is -0.114. The number of methoxy groups -OCH3 is 1. The fourth-order valence-electron chi connectivity index (χ4n) is 1.73. The van der Waals surface area contributed by atoms with Crippen molar-refractivity contribution >= 4 is 44.8 Å². The monoisotopic (exact) mass is 368 g/mol. The summed E-state index contributed by atoms with van der Waals surface area (Å²) in [6.45, 7) is 0.145. The second-order valence-electron chi connectivity index (χ2n) is 4.23. The summed E-state index contributed by atoms with van der Waals surface area (Å²) in [7, 11) is 1.56. The number of para-hydroxylation sites is 2. The number of nitrogens with one attached hydrogen (secondary N) is 2. The SMILES string of the molecule is COc1ccccc1NC(=O)CNc1ccc(Cl)c(Br)c1. The van der Waals surface area contributed by atoms with Gasteiger partial charge in [-0.05, 0) is 46.3 Å². The van der Waals surface area contributed by atoms with E-state index >= 15 is 0 Å². The van der Waals surface area contributed by atoms with Gasteiger partial charge in [0.05, 0.1) is 24.4 Å². The van der Waals surface area contributed by atoms with Gasteiger partial charge in [-0.25, -0.2) is 0 Å². The van der Waals surface area contributed by atoms with Crippen LogP contribution < -0.4 is 15.4 Å². The third kappa shape index (κ3) is 4.37. The lowest BCUT2D eigenvalue weighted by atomic mass is 10.3. The van der Waals surface area contributed by atoms with Gasteiger partial charge in [0.2, 0.25) is 5.91 Å². The summed E-state index contributed by atoms with van der Waals surface area (Å²) in [5, 5.41) is 6.45. The lowest BCUT2D eigenvalue weighted by Crippen LogP contribution is -2.22. The molecule has 0 heterocycles. The Kier molecular flexibility index (Phi) is 5.47. The van der Waals surface area contributed by atoms with Crippen LogP contribution in [-0.4, -0.2) is 19.6 Å². The van der Waals surface area contributed by atoms with Crippen LogP contribution >= 0.6 is 27.5 Å². The van der Waals surface area contributed by atoms with Crippen molar-refractivity contribution in [3.63, 3.8) is 0 Å². The summed E-state index contributed by atoms with van der Waals surface area (Å²) >= 11 is 9.25. The molecular weight excluding hydrogens is 356 g/mol. The Morgan fingerprint density at radius 1 is 1.29 bits per heavy atom. The van der Waals surface area contributed by atoms with E-state index in [1.165, 1.54) is 0 Å². The smallest absolute Gasteiger partial charge is 0.243 e. The largest absolute Gasteiger partial charge is 0.495 e. The zero-order valence-electron chi connectivity index (χ0n) is 11.3. The zero-order valence-corrected chi connectivity index (χ0v) is 13.7. The molecule has 1 amide bonds. The number of hydrogen-bond acceptors (Lipinski definition) is 3. The highest BCUT2D eigenvalue weighted by Crippen LogP contribution is 2.25. The molecule has 0 saturated heterocycles. The van der Waals surface area contributed by atoms with E-state index in [2.05, 4.69) is 26.6 Å². The highest BCUT2D eigenvalue weighted by Gasteiger charge is 2.07.